The molecule has 2 heterocycles. The number of rotatable bonds is 2. The minimum Gasteiger partial charge on any atom is -0.496 e. The third-order valence-corrected chi connectivity index (χ3v) is 6.88. The van der Waals surface area contributed by atoms with Gasteiger partial charge in [0.15, 0.2) is 0 Å². The molecular formula is C26H24F3NO2. The lowest BCUT2D eigenvalue weighted by molar-refractivity contribution is -0.137. The number of methoxy groups -OCH3 is 1. The summed E-state index contributed by atoms with van der Waals surface area (Å²) < 4.78 is 50.6. The fraction of sp³-hybridized carbons (Fsp3) is 0.308. The van der Waals surface area contributed by atoms with Gasteiger partial charge < -0.3 is 14.8 Å². The van der Waals surface area contributed by atoms with Crippen molar-refractivity contribution in [3.63, 3.8) is 0 Å². The molecule has 5 rings (SSSR count). The van der Waals surface area contributed by atoms with Crippen molar-refractivity contribution in [2.75, 3.05) is 19.0 Å². The predicted molar refractivity (Wildman–Crippen MR) is 118 cm³/mol. The summed E-state index contributed by atoms with van der Waals surface area (Å²) in [4.78, 5) is 0. The van der Waals surface area contributed by atoms with Gasteiger partial charge in [-0.1, -0.05) is 38.1 Å². The van der Waals surface area contributed by atoms with E-state index >= 15 is 0 Å². The van der Waals surface area contributed by atoms with Crippen LogP contribution in [0.15, 0.2) is 60.7 Å². The molecular weight excluding hydrogens is 415 g/mol. The van der Waals surface area contributed by atoms with Crippen LogP contribution in [0.25, 0.3) is 11.1 Å². The summed E-state index contributed by atoms with van der Waals surface area (Å²) in [5.41, 5.74) is 3.94. The summed E-state index contributed by atoms with van der Waals surface area (Å²) in [6.07, 6.45) is -4.34. The van der Waals surface area contributed by atoms with Gasteiger partial charge in [-0.05, 0) is 53.1 Å². The molecule has 0 saturated carbocycles. The van der Waals surface area contributed by atoms with Crippen LogP contribution >= 0.6 is 0 Å². The van der Waals surface area contributed by atoms with Crippen molar-refractivity contribution in [1.82, 2.24) is 0 Å². The quantitative estimate of drug-likeness (QED) is 0.475. The molecule has 2 atom stereocenters. The van der Waals surface area contributed by atoms with E-state index in [4.69, 9.17) is 9.47 Å². The van der Waals surface area contributed by atoms with Gasteiger partial charge in [-0.3, -0.25) is 0 Å². The van der Waals surface area contributed by atoms with Crippen LogP contribution in [0.4, 0.5) is 18.9 Å². The highest BCUT2D eigenvalue weighted by Crippen LogP contribution is 2.54. The zero-order valence-corrected chi connectivity index (χ0v) is 18.1. The third-order valence-electron chi connectivity index (χ3n) is 6.88. The Hall–Kier alpha value is -3.15. The van der Waals surface area contributed by atoms with Crippen LogP contribution in [0.5, 0.6) is 11.5 Å². The van der Waals surface area contributed by atoms with Crippen LogP contribution in [0.3, 0.4) is 0 Å². The lowest BCUT2D eigenvalue weighted by atomic mass is 9.65. The zero-order chi connectivity index (χ0) is 22.7. The van der Waals surface area contributed by atoms with Crippen molar-refractivity contribution in [1.29, 1.82) is 0 Å². The van der Waals surface area contributed by atoms with E-state index in [1.165, 1.54) is 12.1 Å². The van der Waals surface area contributed by atoms with Crippen molar-refractivity contribution >= 4 is 5.69 Å². The highest BCUT2D eigenvalue weighted by molar-refractivity contribution is 5.72. The summed E-state index contributed by atoms with van der Waals surface area (Å²) in [6, 6.07) is 17.2. The Morgan fingerprint density at radius 3 is 2.41 bits per heavy atom. The minimum absolute atomic E-state index is 0.0364. The van der Waals surface area contributed by atoms with E-state index in [9.17, 15) is 13.2 Å². The second-order valence-corrected chi connectivity index (χ2v) is 8.97. The number of benzene rings is 3. The van der Waals surface area contributed by atoms with Crippen LogP contribution in [-0.4, -0.2) is 13.7 Å². The van der Waals surface area contributed by atoms with Gasteiger partial charge >= 0.3 is 6.18 Å². The van der Waals surface area contributed by atoms with Crippen molar-refractivity contribution < 1.29 is 22.6 Å². The minimum atomic E-state index is -4.34. The first-order chi connectivity index (χ1) is 15.2. The maximum Gasteiger partial charge on any atom is 0.416 e. The topological polar surface area (TPSA) is 30.5 Å². The number of nitrogens with one attached hydrogen (secondary N) is 1. The van der Waals surface area contributed by atoms with Crippen molar-refractivity contribution in [3.8, 4) is 22.6 Å². The second-order valence-electron chi connectivity index (χ2n) is 8.97. The van der Waals surface area contributed by atoms with E-state index in [0.717, 1.165) is 51.6 Å². The molecule has 2 aliphatic heterocycles. The van der Waals surface area contributed by atoms with Crippen LogP contribution in [-0.2, 0) is 11.6 Å². The molecule has 0 fully saturated rings. The normalized spacial score (nSPS) is 20.8. The van der Waals surface area contributed by atoms with Gasteiger partial charge in [0.2, 0.25) is 0 Å². The molecule has 3 aromatic carbocycles. The SMILES string of the molecule is COc1cccc2c1[C@H]1Nc3ccc(-c4ccc(C(F)(F)F)cc4)cc3C(C)(C)[C@@H]1CO2. The Morgan fingerprint density at radius 2 is 1.72 bits per heavy atom. The zero-order valence-electron chi connectivity index (χ0n) is 18.1. The first-order valence-electron chi connectivity index (χ1n) is 10.6. The highest BCUT2D eigenvalue weighted by atomic mass is 19.4. The Bertz CT molecular complexity index is 1150. The maximum absolute atomic E-state index is 12.9. The largest absolute Gasteiger partial charge is 0.496 e. The molecule has 0 aliphatic carbocycles. The summed E-state index contributed by atoms with van der Waals surface area (Å²) in [7, 11) is 1.66. The lowest BCUT2D eigenvalue weighted by Crippen LogP contribution is -2.46. The van der Waals surface area contributed by atoms with Gasteiger partial charge in [0.25, 0.3) is 0 Å². The summed E-state index contributed by atoms with van der Waals surface area (Å²) in [5.74, 6) is 1.78. The number of hydrogen-bond acceptors (Lipinski definition) is 3. The molecule has 2 aliphatic rings. The third kappa shape index (κ3) is 3.20. The van der Waals surface area contributed by atoms with Crippen LogP contribution in [0.1, 0.15) is 36.6 Å². The van der Waals surface area contributed by atoms with E-state index < -0.39 is 11.7 Å². The Balaban J connectivity index is 1.55. The van der Waals surface area contributed by atoms with Crippen LogP contribution in [0.2, 0.25) is 0 Å². The lowest BCUT2D eigenvalue weighted by Gasteiger charge is -2.48. The van der Waals surface area contributed by atoms with E-state index in [0.29, 0.717) is 6.61 Å². The molecule has 0 unspecified atom stereocenters. The predicted octanol–water partition coefficient (Wildman–Crippen LogP) is 6.83. The molecule has 0 radical (unpaired) electrons. The van der Waals surface area contributed by atoms with Gasteiger partial charge in [0.05, 0.1) is 30.9 Å². The average Bonchev–Trinajstić information content (AvgIpc) is 2.78. The van der Waals surface area contributed by atoms with E-state index in [-0.39, 0.29) is 17.4 Å². The van der Waals surface area contributed by atoms with E-state index in [1.54, 1.807) is 7.11 Å². The number of ether oxygens (including phenoxy) is 2. The fourth-order valence-corrected chi connectivity index (χ4v) is 5.01. The van der Waals surface area contributed by atoms with Gasteiger partial charge in [0.1, 0.15) is 11.5 Å². The summed E-state index contributed by atoms with van der Waals surface area (Å²) in [5, 5.41) is 3.68. The van der Waals surface area contributed by atoms with Gasteiger partial charge in [-0.25, -0.2) is 0 Å². The van der Waals surface area contributed by atoms with Crippen molar-refractivity contribution in [2.24, 2.45) is 5.92 Å². The first-order valence-corrected chi connectivity index (χ1v) is 10.6. The van der Waals surface area contributed by atoms with Crippen molar-refractivity contribution in [2.45, 2.75) is 31.5 Å². The number of hydrogen-bond donors (Lipinski definition) is 1. The molecule has 1 N–H and O–H groups in total. The smallest absolute Gasteiger partial charge is 0.416 e. The Kier molecular flexibility index (Phi) is 4.66. The first kappa shape index (κ1) is 20.7. The molecule has 0 bridgehead atoms. The number of anilines is 1. The summed E-state index contributed by atoms with van der Waals surface area (Å²) >= 11 is 0. The summed E-state index contributed by atoms with van der Waals surface area (Å²) in [6.45, 7) is 4.96. The molecule has 0 spiro atoms. The molecule has 0 saturated heterocycles. The van der Waals surface area contributed by atoms with Crippen LogP contribution < -0.4 is 14.8 Å². The molecule has 3 nitrogen and oxygen atoms in total. The average molecular weight is 439 g/mol. The molecule has 32 heavy (non-hydrogen) atoms. The Morgan fingerprint density at radius 1 is 1.00 bits per heavy atom. The van der Waals surface area contributed by atoms with Gasteiger partial charge in [-0.15, -0.1) is 0 Å². The molecule has 166 valence electrons. The van der Waals surface area contributed by atoms with Crippen molar-refractivity contribution in [3.05, 3.63) is 77.4 Å². The van der Waals surface area contributed by atoms with E-state index in [2.05, 4.69) is 25.2 Å². The van der Waals surface area contributed by atoms with Gasteiger partial charge in [0, 0.05) is 17.0 Å². The second kappa shape index (κ2) is 7.19. The Labute approximate surface area is 185 Å². The number of fused-ring (bicyclic) bond motifs is 4. The number of halogens is 3. The fourth-order valence-electron chi connectivity index (χ4n) is 5.01. The highest BCUT2D eigenvalue weighted by Gasteiger charge is 2.47. The standard InChI is InChI=1S/C26H24F3NO2/c1-25(2)18-13-16(15-7-10-17(11-8-15)26(27,28)29)9-12-20(18)30-24-19(25)14-32-22-6-4-5-21(31-3)23(22)24/h4-13,19,24,30H,14H2,1-3H3/t19-,24+/m1/s1. The molecule has 0 amide bonds. The maximum atomic E-state index is 12.9. The number of alkyl halides is 3. The van der Waals surface area contributed by atoms with Crippen LogP contribution in [0, 0.1) is 5.92 Å². The molecule has 6 heteroatoms. The van der Waals surface area contributed by atoms with E-state index in [1.807, 2.05) is 30.3 Å². The molecule has 0 aromatic heterocycles. The monoisotopic (exact) mass is 439 g/mol. The molecule has 3 aromatic rings. The van der Waals surface area contributed by atoms with Gasteiger partial charge in [-0.2, -0.15) is 13.2 Å².